The second kappa shape index (κ2) is 8.41. The molecule has 5 heteroatoms. The third-order valence-electron chi connectivity index (χ3n) is 5.74. The van der Waals surface area contributed by atoms with Crippen molar-refractivity contribution in [2.45, 2.75) is 38.6 Å². The van der Waals surface area contributed by atoms with E-state index >= 15 is 0 Å². The second-order valence-electron chi connectivity index (χ2n) is 7.42. The first kappa shape index (κ1) is 19.1. The van der Waals surface area contributed by atoms with Crippen LogP contribution < -0.4 is 4.90 Å². The fourth-order valence-electron chi connectivity index (χ4n) is 4.05. The maximum absolute atomic E-state index is 13.1. The van der Waals surface area contributed by atoms with E-state index in [1.807, 2.05) is 66.5 Å². The number of piperidine rings is 1. The van der Waals surface area contributed by atoms with Gasteiger partial charge in [-0.1, -0.05) is 30.3 Å². The molecular formula is C23H27N3OS. The molecule has 2 aromatic carbocycles. The number of amides is 1. The molecule has 4 rings (SSSR count). The Labute approximate surface area is 170 Å². The van der Waals surface area contributed by atoms with Crippen LogP contribution in [0, 0.1) is 0 Å². The minimum Gasteiger partial charge on any atom is -0.311 e. The molecule has 1 fully saturated rings. The van der Waals surface area contributed by atoms with Crippen molar-refractivity contribution >= 4 is 33.1 Å². The Bertz CT molecular complexity index is 898. The van der Waals surface area contributed by atoms with E-state index in [1.54, 1.807) is 0 Å². The number of nitrogens with zero attached hydrogens (tertiary/aromatic N) is 3. The zero-order chi connectivity index (χ0) is 19.5. The highest BCUT2D eigenvalue weighted by Crippen LogP contribution is 2.34. The highest BCUT2D eigenvalue weighted by Gasteiger charge is 2.30. The van der Waals surface area contributed by atoms with Crippen LogP contribution >= 0.6 is 11.3 Å². The number of benzene rings is 2. The molecule has 146 valence electrons. The van der Waals surface area contributed by atoms with Gasteiger partial charge < -0.3 is 4.90 Å². The van der Waals surface area contributed by atoms with Crippen LogP contribution in [0.5, 0.6) is 0 Å². The molecule has 0 N–H and O–H groups in total. The number of carbonyl (C=O) groups is 1. The number of anilines is 1. The SMILES string of the molecule is CCN(C(=O)[C@H](C)N1CCC(c2nc3ccccc3s2)CC1)c1ccccc1. The molecule has 3 aromatic rings. The Morgan fingerprint density at radius 1 is 1.14 bits per heavy atom. The topological polar surface area (TPSA) is 36.4 Å². The Morgan fingerprint density at radius 2 is 1.82 bits per heavy atom. The van der Waals surface area contributed by atoms with Gasteiger partial charge in [0.2, 0.25) is 5.91 Å². The Hall–Kier alpha value is -2.24. The van der Waals surface area contributed by atoms with E-state index in [1.165, 1.54) is 9.71 Å². The van der Waals surface area contributed by atoms with E-state index in [0.717, 1.165) is 37.1 Å². The molecule has 4 nitrogen and oxygen atoms in total. The van der Waals surface area contributed by atoms with Gasteiger partial charge in [0.25, 0.3) is 0 Å². The Balaban J connectivity index is 1.40. The summed E-state index contributed by atoms with van der Waals surface area (Å²) in [5, 5.41) is 1.25. The average Bonchev–Trinajstić information content (AvgIpc) is 3.19. The monoisotopic (exact) mass is 393 g/mol. The fourth-order valence-corrected chi connectivity index (χ4v) is 5.19. The van der Waals surface area contributed by atoms with Crippen LogP contribution in [-0.2, 0) is 4.79 Å². The molecule has 1 atom stereocenters. The molecule has 1 aliphatic heterocycles. The second-order valence-corrected chi connectivity index (χ2v) is 8.49. The van der Waals surface area contributed by atoms with E-state index in [0.29, 0.717) is 12.5 Å². The molecule has 0 saturated carbocycles. The third-order valence-corrected chi connectivity index (χ3v) is 6.94. The van der Waals surface area contributed by atoms with Gasteiger partial charge in [0.15, 0.2) is 0 Å². The summed E-state index contributed by atoms with van der Waals surface area (Å²) in [6.07, 6.45) is 2.13. The summed E-state index contributed by atoms with van der Waals surface area (Å²) in [6, 6.07) is 18.2. The number of hydrogen-bond donors (Lipinski definition) is 0. The van der Waals surface area contributed by atoms with Gasteiger partial charge in [-0.3, -0.25) is 9.69 Å². The van der Waals surface area contributed by atoms with E-state index in [2.05, 4.69) is 23.1 Å². The quantitative estimate of drug-likeness (QED) is 0.617. The third kappa shape index (κ3) is 3.82. The highest BCUT2D eigenvalue weighted by molar-refractivity contribution is 7.18. The smallest absolute Gasteiger partial charge is 0.244 e. The normalized spacial score (nSPS) is 16.9. The highest BCUT2D eigenvalue weighted by atomic mass is 32.1. The molecule has 28 heavy (non-hydrogen) atoms. The molecular weight excluding hydrogens is 366 g/mol. The number of rotatable bonds is 5. The van der Waals surface area contributed by atoms with Gasteiger partial charge >= 0.3 is 0 Å². The number of likely N-dealkylation sites (N-methyl/N-ethyl adjacent to an activating group) is 1. The van der Waals surface area contributed by atoms with Crippen LogP contribution in [0.15, 0.2) is 54.6 Å². The van der Waals surface area contributed by atoms with Crippen LogP contribution in [-0.4, -0.2) is 41.5 Å². The number of carbonyl (C=O) groups excluding carboxylic acids is 1. The number of thiazole rings is 1. The minimum absolute atomic E-state index is 0.100. The lowest BCUT2D eigenvalue weighted by Gasteiger charge is -2.36. The molecule has 0 radical (unpaired) electrons. The molecule has 1 aromatic heterocycles. The Morgan fingerprint density at radius 3 is 2.50 bits per heavy atom. The Kier molecular flexibility index (Phi) is 5.74. The first-order valence-corrected chi connectivity index (χ1v) is 10.9. The van der Waals surface area contributed by atoms with Crippen LogP contribution in [0.2, 0.25) is 0 Å². The van der Waals surface area contributed by atoms with Crippen molar-refractivity contribution in [2.24, 2.45) is 0 Å². The number of aromatic nitrogens is 1. The molecule has 0 spiro atoms. The average molecular weight is 394 g/mol. The lowest BCUT2D eigenvalue weighted by molar-refractivity contribution is -0.123. The van der Waals surface area contributed by atoms with Crippen LogP contribution in [0.4, 0.5) is 5.69 Å². The van der Waals surface area contributed by atoms with Gasteiger partial charge in [-0.05, 0) is 64.0 Å². The lowest BCUT2D eigenvalue weighted by Crippen LogP contribution is -2.49. The summed E-state index contributed by atoms with van der Waals surface area (Å²) >= 11 is 1.82. The molecule has 1 saturated heterocycles. The fraction of sp³-hybridized carbons (Fsp3) is 0.391. The number of hydrogen-bond acceptors (Lipinski definition) is 4. The molecule has 0 bridgehead atoms. The molecule has 0 unspecified atom stereocenters. The van der Waals surface area contributed by atoms with Gasteiger partial charge in [-0.15, -0.1) is 11.3 Å². The van der Waals surface area contributed by atoms with Crippen molar-refractivity contribution in [3.8, 4) is 0 Å². The van der Waals surface area contributed by atoms with Crippen LogP contribution in [0.1, 0.15) is 37.6 Å². The number of likely N-dealkylation sites (tertiary alicyclic amines) is 1. The molecule has 1 aliphatic rings. The van der Waals surface area contributed by atoms with E-state index in [4.69, 9.17) is 4.98 Å². The predicted octanol–water partition coefficient (Wildman–Crippen LogP) is 4.92. The van der Waals surface area contributed by atoms with Crippen LogP contribution in [0.25, 0.3) is 10.2 Å². The first-order chi connectivity index (χ1) is 13.7. The largest absolute Gasteiger partial charge is 0.311 e. The zero-order valence-corrected chi connectivity index (χ0v) is 17.4. The maximum atomic E-state index is 13.1. The zero-order valence-electron chi connectivity index (χ0n) is 16.5. The van der Waals surface area contributed by atoms with Crippen LogP contribution in [0.3, 0.4) is 0 Å². The van der Waals surface area contributed by atoms with E-state index < -0.39 is 0 Å². The van der Waals surface area contributed by atoms with E-state index in [-0.39, 0.29) is 11.9 Å². The van der Waals surface area contributed by atoms with Gasteiger partial charge in [-0.2, -0.15) is 0 Å². The standard InChI is InChI=1S/C23H27N3OS/c1-3-26(19-9-5-4-6-10-19)23(27)17(2)25-15-13-18(14-16-25)22-24-20-11-7-8-12-21(20)28-22/h4-12,17-18H,3,13-16H2,1-2H3/t17-/m0/s1. The van der Waals surface area contributed by atoms with Gasteiger partial charge in [0.1, 0.15) is 0 Å². The number of fused-ring (bicyclic) bond motifs is 1. The van der Waals surface area contributed by atoms with E-state index in [9.17, 15) is 4.79 Å². The summed E-state index contributed by atoms with van der Waals surface area (Å²) in [5.41, 5.74) is 2.08. The number of para-hydroxylation sites is 2. The summed E-state index contributed by atoms with van der Waals surface area (Å²) in [4.78, 5) is 22.2. The van der Waals surface area contributed by atoms with Crippen molar-refractivity contribution in [3.63, 3.8) is 0 Å². The summed E-state index contributed by atoms with van der Waals surface area (Å²) in [7, 11) is 0. The first-order valence-electron chi connectivity index (χ1n) is 10.1. The molecule has 2 heterocycles. The maximum Gasteiger partial charge on any atom is 0.244 e. The lowest BCUT2D eigenvalue weighted by atomic mass is 9.96. The summed E-state index contributed by atoms with van der Waals surface area (Å²) in [6.45, 7) is 6.66. The molecule has 0 aliphatic carbocycles. The minimum atomic E-state index is -0.100. The van der Waals surface area contributed by atoms with Gasteiger partial charge in [0, 0.05) is 18.2 Å². The van der Waals surface area contributed by atoms with Crippen molar-refractivity contribution in [2.75, 3.05) is 24.5 Å². The van der Waals surface area contributed by atoms with Crippen molar-refractivity contribution in [1.82, 2.24) is 9.88 Å². The van der Waals surface area contributed by atoms with Gasteiger partial charge in [-0.25, -0.2) is 4.98 Å². The van der Waals surface area contributed by atoms with Gasteiger partial charge in [0.05, 0.1) is 21.3 Å². The molecule has 1 amide bonds. The predicted molar refractivity (Wildman–Crippen MR) is 117 cm³/mol. The summed E-state index contributed by atoms with van der Waals surface area (Å²) in [5.74, 6) is 0.694. The van der Waals surface area contributed by atoms with Crippen molar-refractivity contribution in [3.05, 3.63) is 59.6 Å². The van der Waals surface area contributed by atoms with Crippen molar-refractivity contribution in [1.29, 1.82) is 0 Å². The van der Waals surface area contributed by atoms with Crippen molar-refractivity contribution < 1.29 is 4.79 Å². The summed E-state index contributed by atoms with van der Waals surface area (Å²) < 4.78 is 1.27.